The van der Waals surface area contributed by atoms with E-state index in [-0.39, 0.29) is 29.9 Å². The monoisotopic (exact) mass is 413 g/mol. The van der Waals surface area contributed by atoms with Gasteiger partial charge in [0.05, 0.1) is 23.9 Å². The van der Waals surface area contributed by atoms with E-state index in [0.717, 1.165) is 25.2 Å². The van der Waals surface area contributed by atoms with Gasteiger partial charge in [-0.25, -0.2) is 4.79 Å². The van der Waals surface area contributed by atoms with Crippen molar-refractivity contribution in [3.8, 4) is 0 Å². The Bertz CT molecular complexity index is 834. The summed E-state index contributed by atoms with van der Waals surface area (Å²) in [6.07, 6.45) is -0.666. The van der Waals surface area contributed by atoms with E-state index in [0.29, 0.717) is 39.3 Å². The molecule has 4 fully saturated rings. The van der Waals surface area contributed by atoms with Crippen LogP contribution in [0.25, 0.3) is 0 Å². The summed E-state index contributed by atoms with van der Waals surface area (Å²) >= 11 is 0. The summed E-state index contributed by atoms with van der Waals surface area (Å²) in [5, 5.41) is 6.73. The maximum atomic E-state index is 12.7. The van der Waals surface area contributed by atoms with E-state index in [1.807, 2.05) is 4.90 Å². The number of hydrogen-bond donors (Lipinski definition) is 1. The second-order valence-corrected chi connectivity index (χ2v) is 9.04. The zero-order chi connectivity index (χ0) is 20.4. The summed E-state index contributed by atoms with van der Waals surface area (Å²) in [5.41, 5.74) is -1.06. The van der Waals surface area contributed by atoms with Crippen LogP contribution in [0.4, 0.5) is 18.0 Å². The number of likely N-dealkylation sites (tertiary alicyclic amines) is 2. The first-order valence-corrected chi connectivity index (χ1v) is 9.68. The fourth-order valence-corrected chi connectivity index (χ4v) is 5.22. The molecule has 1 saturated carbocycles. The molecule has 0 aromatic carbocycles. The van der Waals surface area contributed by atoms with Crippen molar-refractivity contribution in [1.82, 2.24) is 24.9 Å². The maximum absolute atomic E-state index is 12.7. The molecule has 29 heavy (non-hydrogen) atoms. The number of amides is 3. The molecule has 0 radical (unpaired) electrons. The molecule has 3 saturated heterocycles. The van der Waals surface area contributed by atoms with E-state index in [4.69, 9.17) is 4.74 Å². The lowest BCUT2D eigenvalue weighted by molar-refractivity contribution is -0.143. The number of ether oxygens (including phenoxy) is 1. The molecule has 1 N–H and O–H groups in total. The molecule has 1 aliphatic carbocycles. The Morgan fingerprint density at radius 1 is 1.24 bits per heavy atom. The van der Waals surface area contributed by atoms with Gasteiger partial charge in [0.15, 0.2) is 0 Å². The van der Waals surface area contributed by atoms with Gasteiger partial charge in [0.2, 0.25) is 5.91 Å². The van der Waals surface area contributed by atoms with Crippen molar-refractivity contribution in [3.05, 3.63) is 18.0 Å². The van der Waals surface area contributed by atoms with Crippen molar-refractivity contribution in [2.24, 2.45) is 11.3 Å². The molecule has 0 bridgehead atoms. The van der Waals surface area contributed by atoms with Crippen molar-refractivity contribution >= 4 is 11.9 Å². The van der Waals surface area contributed by atoms with Crippen molar-refractivity contribution in [3.63, 3.8) is 0 Å². The topological polar surface area (TPSA) is 79.7 Å². The second kappa shape index (κ2) is 6.10. The first-order valence-electron chi connectivity index (χ1n) is 9.68. The average molecular weight is 413 g/mol. The quantitative estimate of drug-likeness (QED) is 0.783. The van der Waals surface area contributed by atoms with Gasteiger partial charge in [0.1, 0.15) is 6.61 Å². The molecule has 4 heterocycles. The number of halogens is 3. The Hall–Kier alpha value is -2.30. The Balaban J connectivity index is 1.06. The molecule has 5 rings (SSSR count). The van der Waals surface area contributed by atoms with Gasteiger partial charge < -0.3 is 19.9 Å². The van der Waals surface area contributed by atoms with Gasteiger partial charge in [-0.05, 0) is 18.8 Å². The summed E-state index contributed by atoms with van der Waals surface area (Å²) in [7, 11) is 0. The van der Waals surface area contributed by atoms with Crippen LogP contribution in [0.2, 0.25) is 0 Å². The Morgan fingerprint density at radius 2 is 1.93 bits per heavy atom. The number of carbonyl (C=O) groups is 2. The van der Waals surface area contributed by atoms with Gasteiger partial charge in [-0.1, -0.05) is 0 Å². The fourth-order valence-electron chi connectivity index (χ4n) is 5.22. The molecule has 0 unspecified atom stereocenters. The SMILES string of the molecule is O=C1COCC2(CN(C(=O)N3CC4(CC(Cn5cc(C(F)(F)F)cn5)C4)C3)C2)N1. The highest BCUT2D eigenvalue weighted by Gasteiger charge is 2.56. The first kappa shape index (κ1) is 18.7. The van der Waals surface area contributed by atoms with Crippen LogP contribution < -0.4 is 5.32 Å². The molecule has 1 aromatic rings. The highest BCUT2D eigenvalue weighted by atomic mass is 19.4. The van der Waals surface area contributed by atoms with E-state index >= 15 is 0 Å². The summed E-state index contributed by atoms with van der Waals surface area (Å²) in [6.45, 7) is 3.26. The average Bonchev–Trinajstić information content (AvgIpc) is 3.02. The number of nitrogens with one attached hydrogen (secondary N) is 1. The molecule has 158 valence electrons. The molecule has 3 aliphatic heterocycles. The standard InChI is InChI=1S/C18H22F3N5O3/c19-18(20,21)13-3-22-26(5-13)4-12-1-16(2-12)7-24(8-16)15(28)25-9-17(10-25)11-29-6-14(27)23-17/h3,5,12H,1-2,4,6-11H2,(H,23,27). The zero-order valence-corrected chi connectivity index (χ0v) is 15.7. The molecule has 1 aromatic heterocycles. The van der Waals surface area contributed by atoms with Crippen LogP contribution in [-0.4, -0.2) is 76.5 Å². The van der Waals surface area contributed by atoms with Crippen LogP contribution in [0.3, 0.4) is 0 Å². The van der Waals surface area contributed by atoms with Crippen molar-refractivity contribution in [1.29, 1.82) is 0 Å². The van der Waals surface area contributed by atoms with Crippen molar-refractivity contribution < 1.29 is 27.5 Å². The second-order valence-electron chi connectivity index (χ2n) is 9.04. The molecule has 8 nitrogen and oxygen atoms in total. The minimum absolute atomic E-state index is 0.0218. The highest BCUT2D eigenvalue weighted by molar-refractivity contribution is 5.81. The lowest BCUT2D eigenvalue weighted by Crippen LogP contribution is -2.78. The summed E-state index contributed by atoms with van der Waals surface area (Å²) in [5.74, 6) is 0.140. The van der Waals surface area contributed by atoms with Crippen LogP contribution in [0.15, 0.2) is 12.4 Å². The van der Waals surface area contributed by atoms with E-state index in [1.165, 1.54) is 4.68 Å². The lowest BCUT2D eigenvalue weighted by atomic mass is 9.58. The summed E-state index contributed by atoms with van der Waals surface area (Å²) in [4.78, 5) is 27.6. The smallest absolute Gasteiger partial charge is 0.369 e. The van der Waals surface area contributed by atoms with Gasteiger partial charge in [-0.2, -0.15) is 18.3 Å². The van der Waals surface area contributed by atoms with Crippen LogP contribution >= 0.6 is 0 Å². The highest BCUT2D eigenvalue weighted by Crippen LogP contribution is 2.52. The van der Waals surface area contributed by atoms with Crippen molar-refractivity contribution in [2.45, 2.75) is 31.1 Å². The summed E-state index contributed by atoms with van der Waals surface area (Å²) < 4.78 is 44.6. The first-order chi connectivity index (χ1) is 13.7. The van der Waals surface area contributed by atoms with Crippen LogP contribution in [0, 0.1) is 11.3 Å². The van der Waals surface area contributed by atoms with Crippen LogP contribution in [-0.2, 0) is 22.3 Å². The molecule has 0 atom stereocenters. The van der Waals surface area contributed by atoms with Gasteiger partial charge in [-0.15, -0.1) is 0 Å². The van der Waals surface area contributed by atoms with E-state index in [9.17, 15) is 22.8 Å². The molecular weight excluding hydrogens is 391 g/mol. The predicted octanol–water partition coefficient (Wildman–Crippen LogP) is 0.935. The van der Waals surface area contributed by atoms with E-state index in [2.05, 4.69) is 10.4 Å². The minimum atomic E-state index is -4.37. The van der Waals surface area contributed by atoms with E-state index < -0.39 is 17.3 Å². The molecule has 11 heteroatoms. The van der Waals surface area contributed by atoms with E-state index in [1.54, 1.807) is 4.90 Å². The number of carbonyl (C=O) groups excluding carboxylic acids is 2. The number of morpholine rings is 1. The Kier molecular flexibility index (Phi) is 3.94. The Labute approximate surface area is 164 Å². The van der Waals surface area contributed by atoms with Gasteiger partial charge in [-0.3, -0.25) is 9.48 Å². The molecule has 4 aliphatic rings. The number of rotatable bonds is 2. The van der Waals surface area contributed by atoms with Crippen molar-refractivity contribution in [2.75, 3.05) is 39.4 Å². The number of nitrogens with zero attached hydrogens (tertiary/aromatic N) is 4. The largest absolute Gasteiger partial charge is 0.419 e. The summed E-state index contributed by atoms with van der Waals surface area (Å²) in [6, 6.07) is -0.0218. The van der Waals surface area contributed by atoms with Gasteiger partial charge in [0, 0.05) is 44.3 Å². The third-order valence-corrected chi connectivity index (χ3v) is 6.45. The third kappa shape index (κ3) is 3.24. The third-order valence-electron chi connectivity index (χ3n) is 6.45. The number of hydrogen-bond acceptors (Lipinski definition) is 4. The van der Waals surface area contributed by atoms with Crippen LogP contribution in [0.5, 0.6) is 0 Å². The maximum Gasteiger partial charge on any atom is 0.419 e. The molecular formula is C18H22F3N5O3. The lowest BCUT2D eigenvalue weighted by Gasteiger charge is -2.61. The molecule has 2 spiro atoms. The number of aromatic nitrogens is 2. The Morgan fingerprint density at radius 3 is 2.55 bits per heavy atom. The molecule has 3 amide bonds. The normalized spacial score (nSPS) is 25.4. The van der Waals surface area contributed by atoms with Gasteiger partial charge in [0.25, 0.3) is 0 Å². The zero-order valence-electron chi connectivity index (χ0n) is 15.7. The minimum Gasteiger partial charge on any atom is -0.369 e. The number of urea groups is 1. The predicted molar refractivity (Wildman–Crippen MR) is 92.6 cm³/mol. The van der Waals surface area contributed by atoms with Crippen LogP contribution in [0.1, 0.15) is 18.4 Å². The fraction of sp³-hybridized carbons (Fsp3) is 0.722. The number of alkyl halides is 3. The van der Waals surface area contributed by atoms with Gasteiger partial charge >= 0.3 is 12.2 Å².